The molecular weight excluding hydrogens is 228 g/mol. The summed E-state index contributed by atoms with van der Waals surface area (Å²) in [5.74, 6) is 0.646. The predicted molar refractivity (Wildman–Crippen MR) is 72.9 cm³/mol. The summed E-state index contributed by atoms with van der Waals surface area (Å²) >= 11 is 0. The van der Waals surface area contributed by atoms with E-state index in [1.54, 1.807) is 0 Å². The molecule has 2 heterocycles. The molecule has 1 N–H and O–H groups in total. The number of ether oxygens (including phenoxy) is 2. The van der Waals surface area contributed by atoms with E-state index in [1.165, 1.54) is 6.42 Å². The molecule has 0 aromatic rings. The van der Waals surface area contributed by atoms with Crippen molar-refractivity contribution in [1.82, 2.24) is 10.2 Å². The Balaban J connectivity index is 1.76. The molecule has 0 amide bonds. The summed E-state index contributed by atoms with van der Waals surface area (Å²) in [5, 5.41) is 3.61. The molecule has 0 bridgehead atoms. The van der Waals surface area contributed by atoms with Crippen LogP contribution in [-0.2, 0) is 9.47 Å². The van der Waals surface area contributed by atoms with Gasteiger partial charge in [0.25, 0.3) is 0 Å². The van der Waals surface area contributed by atoms with Crippen LogP contribution in [0.2, 0.25) is 0 Å². The second-order valence-corrected chi connectivity index (χ2v) is 5.52. The molecule has 106 valence electrons. The number of hydrogen-bond acceptors (Lipinski definition) is 4. The van der Waals surface area contributed by atoms with Crippen LogP contribution >= 0.6 is 0 Å². The van der Waals surface area contributed by atoms with Crippen LogP contribution in [0.1, 0.15) is 26.7 Å². The lowest BCUT2D eigenvalue weighted by Gasteiger charge is -2.35. The largest absolute Gasteiger partial charge is 0.379 e. The number of nitrogens with zero attached hydrogens (tertiary/aromatic N) is 1. The molecule has 2 aliphatic rings. The van der Waals surface area contributed by atoms with Gasteiger partial charge in [0.2, 0.25) is 0 Å². The van der Waals surface area contributed by atoms with Gasteiger partial charge in [-0.3, -0.25) is 4.90 Å². The van der Waals surface area contributed by atoms with Crippen LogP contribution in [0.4, 0.5) is 0 Å². The zero-order valence-corrected chi connectivity index (χ0v) is 11.9. The van der Waals surface area contributed by atoms with Crippen molar-refractivity contribution >= 4 is 0 Å². The molecule has 0 spiro atoms. The molecule has 2 fully saturated rings. The quantitative estimate of drug-likeness (QED) is 0.772. The van der Waals surface area contributed by atoms with Gasteiger partial charge in [-0.25, -0.2) is 0 Å². The molecule has 0 saturated carbocycles. The zero-order valence-electron chi connectivity index (χ0n) is 11.9. The maximum atomic E-state index is 5.73. The highest BCUT2D eigenvalue weighted by molar-refractivity contribution is 4.85. The van der Waals surface area contributed by atoms with E-state index in [9.17, 15) is 0 Å². The van der Waals surface area contributed by atoms with E-state index in [0.717, 1.165) is 52.4 Å². The summed E-state index contributed by atoms with van der Waals surface area (Å²) in [6.45, 7) is 11.5. The summed E-state index contributed by atoms with van der Waals surface area (Å²) in [7, 11) is 0. The van der Waals surface area contributed by atoms with Crippen LogP contribution in [0, 0.1) is 5.92 Å². The second-order valence-electron chi connectivity index (χ2n) is 5.52. The lowest BCUT2D eigenvalue weighted by molar-refractivity contribution is -0.0350. The van der Waals surface area contributed by atoms with Gasteiger partial charge in [0.1, 0.15) is 0 Å². The molecule has 0 aromatic heterocycles. The van der Waals surface area contributed by atoms with E-state index in [1.807, 2.05) is 0 Å². The minimum atomic E-state index is 0.433. The van der Waals surface area contributed by atoms with Gasteiger partial charge < -0.3 is 14.8 Å². The van der Waals surface area contributed by atoms with Crippen molar-refractivity contribution in [2.75, 3.05) is 46.0 Å². The molecule has 2 saturated heterocycles. The molecule has 0 aromatic carbocycles. The van der Waals surface area contributed by atoms with Crippen molar-refractivity contribution in [3.05, 3.63) is 0 Å². The highest BCUT2D eigenvalue weighted by atomic mass is 16.5. The van der Waals surface area contributed by atoms with Gasteiger partial charge in [-0.2, -0.15) is 0 Å². The van der Waals surface area contributed by atoms with Crippen molar-refractivity contribution in [3.63, 3.8) is 0 Å². The third kappa shape index (κ3) is 3.92. The van der Waals surface area contributed by atoms with Crippen LogP contribution in [0.5, 0.6) is 0 Å². The maximum Gasteiger partial charge on any atom is 0.0700 e. The minimum Gasteiger partial charge on any atom is -0.379 e. The lowest BCUT2D eigenvalue weighted by atomic mass is 10.0. The van der Waals surface area contributed by atoms with Gasteiger partial charge in [-0.15, -0.1) is 0 Å². The topological polar surface area (TPSA) is 33.7 Å². The summed E-state index contributed by atoms with van der Waals surface area (Å²) < 4.78 is 11.4. The molecule has 18 heavy (non-hydrogen) atoms. The molecule has 2 rings (SSSR count). The van der Waals surface area contributed by atoms with Gasteiger partial charge in [0, 0.05) is 31.6 Å². The van der Waals surface area contributed by atoms with Gasteiger partial charge in [-0.1, -0.05) is 13.8 Å². The summed E-state index contributed by atoms with van der Waals surface area (Å²) in [6, 6.07) is 0.549. The molecule has 3 unspecified atom stereocenters. The van der Waals surface area contributed by atoms with Gasteiger partial charge in [0.05, 0.1) is 25.9 Å². The van der Waals surface area contributed by atoms with Crippen LogP contribution in [0.25, 0.3) is 0 Å². The Bertz CT molecular complexity index is 238. The average molecular weight is 256 g/mol. The van der Waals surface area contributed by atoms with Crippen molar-refractivity contribution in [2.24, 2.45) is 5.92 Å². The minimum absolute atomic E-state index is 0.433. The Kier molecular flexibility index (Phi) is 5.89. The fraction of sp³-hybridized carbons (Fsp3) is 1.00. The van der Waals surface area contributed by atoms with E-state index < -0.39 is 0 Å². The number of morpholine rings is 1. The molecule has 2 aliphatic heterocycles. The lowest BCUT2D eigenvalue weighted by Crippen LogP contribution is -2.47. The van der Waals surface area contributed by atoms with Crippen molar-refractivity contribution in [1.29, 1.82) is 0 Å². The van der Waals surface area contributed by atoms with Crippen molar-refractivity contribution in [3.8, 4) is 0 Å². The first-order chi connectivity index (χ1) is 8.83. The monoisotopic (exact) mass is 256 g/mol. The number of hydrogen-bond donors (Lipinski definition) is 1. The highest BCUT2D eigenvalue weighted by Gasteiger charge is 2.30. The Labute approximate surface area is 111 Å². The predicted octanol–water partition coefficient (Wildman–Crippen LogP) is 1.11. The fourth-order valence-corrected chi connectivity index (χ4v) is 2.86. The smallest absolute Gasteiger partial charge is 0.0700 e. The summed E-state index contributed by atoms with van der Waals surface area (Å²) in [4.78, 5) is 2.55. The zero-order chi connectivity index (χ0) is 12.8. The molecule has 4 nitrogen and oxygen atoms in total. The summed E-state index contributed by atoms with van der Waals surface area (Å²) in [5.41, 5.74) is 0. The fourth-order valence-electron chi connectivity index (χ4n) is 2.86. The van der Waals surface area contributed by atoms with Gasteiger partial charge in [0.15, 0.2) is 0 Å². The van der Waals surface area contributed by atoms with Crippen LogP contribution in [-0.4, -0.2) is 63.0 Å². The summed E-state index contributed by atoms with van der Waals surface area (Å²) in [6.07, 6.45) is 2.75. The molecule has 4 heteroatoms. The first-order valence-electron chi connectivity index (χ1n) is 7.48. The first-order valence-corrected chi connectivity index (χ1v) is 7.48. The van der Waals surface area contributed by atoms with Gasteiger partial charge in [-0.05, 0) is 19.4 Å². The van der Waals surface area contributed by atoms with E-state index in [4.69, 9.17) is 9.47 Å². The number of rotatable bonds is 6. The normalized spacial score (nSPS) is 34.0. The number of nitrogens with one attached hydrogen (secondary N) is 1. The average Bonchev–Trinajstić information content (AvgIpc) is 2.84. The standard InChI is InChI=1S/C14H28N2O2/c1-3-5-15-14-11-17-10-12(14)8-16-6-7-18-13(4-2)9-16/h12-15H,3-11H2,1-2H3. The SMILES string of the molecule is CCCNC1COCC1CN1CCOC(CC)C1. The Morgan fingerprint density at radius 2 is 2.17 bits per heavy atom. The van der Waals surface area contributed by atoms with E-state index >= 15 is 0 Å². The first kappa shape index (κ1) is 14.3. The van der Waals surface area contributed by atoms with Crippen LogP contribution in [0.15, 0.2) is 0 Å². The molecular formula is C14H28N2O2. The highest BCUT2D eigenvalue weighted by Crippen LogP contribution is 2.17. The van der Waals surface area contributed by atoms with Gasteiger partial charge >= 0.3 is 0 Å². The second kappa shape index (κ2) is 7.43. The van der Waals surface area contributed by atoms with E-state index in [2.05, 4.69) is 24.1 Å². The molecule has 0 aliphatic carbocycles. The van der Waals surface area contributed by atoms with Crippen molar-refractivity contribution < 1.29 is 9.47 Å². The van der Waals surface area contributed by atoms with Crippen LogP contribution in [0.3, 0.4) is 0 Å². The Morgan fingerprint density at radius 1 is 1.28 bits per heavy atom. The maximum absolute atomic E-state index is 5.73. The van der Waals surface area contributed by atoms with Crippen LogP contribution < -0.4 is 5.32 Å². The molecule has 3 atom stereocenters. The third-order valence-corrected chi connectivity index (χ3v) is 4.03. The van der Waals surface area contributed by atoms with E-state index in [-0.39, 0.29) is 0 Å². The third-order valence-electron chi connectivity index (χ3n) is 4.03. The van der Waals surface area contributed by atoms with E-state index in [0.29, 0.717) is 18.1 Å². The van der Waals surface area contributed by atoms with Crippen molar-refractivity contribution in [2.45, 2.75) is 38.8 Å². The molecule has 0 radical (unpaired) electrons. The Morgan fingerprint density at radius 3 is 2.94 bits per heavy atom. The Hall–Kier alpha value is -0.160.